The van der Waals surface area contributed by atoms with E-state index in [0.29, 0.717) is 12.1 Å². The maximum Gasteiger partial charge on any atom is 0.335 e. The van der Waals surface area contributed by atoms with Crippen molar-refractivity contribution < 1.29 is 18.3 Å². The Kier molecular flexibility index (Phi) is 5.05. The molecule has 1 aromatic carbocycles. The van der Waals surface area contributed by atoms with Gasteiger partial charge in [0.15, 0.2) is 5.03 Å². The van der Waals surface area contributed by atoms with Crippen molar-refractivity contribution in [3.05, 3.63) is 41.6 Å². The molecule has 0 atom stereocenters. The third-order valence-electron chi connectivity index (χ3n) is 3.45. The molecule has 0 aliphatic rings. The van der Waals surface area contributed by atoms with Crippen molar-refractivity contribution in [3.8, 4) is 0 Å². The maximum absolute atomic E-state index is 12.5. The first kappa shape index (κ1) is 17.0. The fourth-order valence-electron chi connectivity index (χ4n) is 2.21. The van der Waals surface area contributed by atoms with E-state index in [9.17, 15) is 13.2 Å². The minimum absolute atomic E-state index is 0.0136. The molecule has 1 heterocycles. The van der Waals surface area contributed by atoms with E-state index in [2.05, 4.69) is 9.82 Å². The maximum atomic E-state index is 12.5. The van der Waals surface area contributed by atoms with E-state index in [1.807, 2.05) is 6.92 Å². The summed E-state index contributed by atoms with van der Waals surface area (Å²) in [6, 6.07) is 5.87. The minimum atomic E-state index is -3.83. The molecule has 0 unspecified atom stereocenters. The monoisotopic (exact) mass is 337 g/mol. The standard InChI is InChI=1S/C15H19N3O4S/c1-3-4-5-11-6-7-12(15(19)20)10-13(11)17-23(21,22)14-8-9-16-18(14)2/h6-10,17H,3-5H2,1-2H3,(H,19,20). The Morgan fingerprint density at radius 1 is 1.35 bits per heavy atom. The van der Waals surface area contributed by atoms with Gasteiger partial charge in [-0.25, -0.2) is 4.79 Å². The van der Waals surface area contributed by atoms with Gasteiger partial charge in [-0.1, -0.05) is 19.4 Å². The molecule has 0 bridgehead atoms. The lowest BCUT2D eigenvalue weighted by atomic mass is 10.0. The molecule has 2 rings (SSSR count). The highest BCUT2D eigenvalue weighted by molar-refractivity contribution is 7.92. The number of sulfonamides is 1. The Labute approximate surface area is 135 Å². The number of hydrogen-bond donors (Lipinski definition) is 2. The van der Waals surface area contributed by atoms with Gasteiger partial charge in [-0.3, -0.25) is 9.40 Å². The van der Waals surface area contributed by atoms with Gasteiger partial charge in [-0.05, 0) is 36.6 Å². The second kappa shape index (κ2) is 6.82. The summed E-state index contributed by atoms with van der Waals surface area (Å²) in [4.78, 5) is 11.1. The summed E-state index contributed by atoms with van der Waals surface area (Å²) < 4.78 is 28.7. The first-order chi connectivity index (χ1) is 10.8. The number of hydrogen-bond acceptors (Lipinski definition) is 4. The molecule has 0 saturated carbocycles. The SMILES string of the molecule is CCCCc1ccc(C(=O)O)cc1NS(=O)(=O)c1ccnn1C. The van der Waals surface area contributed by atoms with Crippen LogP contribution in [0.25, 0.3) is 0 Å². The first-order valence-corrected chi connectivity index (χ1v) is 8.70. The number of benzene rings is 1. The zero-order valence-electron chi connectivity index (χ0n) is 13.0. The second-order valence-electron chi connectivity index (χ2n) is 5.18. The number of aromatic nitrogens is 2. The molecule has 0 saturated heterocycles. The molecule has 0 radical (unpaired) electrons. The topological polar surface area (TPSA) is 101 Å². The summed E-state index contributed by atoms with van der Waals surface area (Å²) in [6.45, 7) is 2.03. The summed E-state index contributed by atoms with van der Waals surface area (Å²) in [5.74, 6) is -1.10. The van der Waals surface area contributed by atoms with Crippen LogP contribution in [0.1, 0.15) is 35.7 Å². The lowest BCUT2D eigenvalue weighted by Gasteiger charge is -2.13. The average Bonchev–Trinajstić information content (AvgIpc) is 2.92. The van der Waals surface area contributed by atoms with Crippen LogP contribution in [0.2, 0.25) is 0 Å². The summed E-state index contributed by atoms with van der Waals surface area (Å²) in [7, 11) is -2.31. The second-order valence-corrected chi connectivity index (χ2v) is 6.81. The zero-order chi connectivity index (χ0) is 17.0. The fourth-order valence-corrected chi connectivity index (χ4v) is 3.43. The molecule has 1 aromatic heterocycles. The lowest BCUT2D eigenvalue weighted by molar-refractivity contribution is 0.0697. The Morgan fingerprint density at radius 2 is 2.09 bits per heavy atom. The third-order valence-corrected chi connectivity index (χ3v) is 4.89. The molecule has 124 valence electrons. The van der Waals surface area contributed by atoms with Crippen LogP contribution in [-0.2, 0) is 23.5 Å². The van der Waals surface area contributed by atoms with Gasteiger partial charge in [0.05, 0.1) is 17.4 Å². The Bertz CT molecular complexity index is 812. The van der Waals surface area contributed by atoms with Crippen LogP contribution in [0.15, 0.2) is 35.5 Å². The smallest absolute Gasteiger partial charge is 0.335 e. The number of nitrogens with zero attached hydrogens (tertiary/aromatic N) is 2. The van der Waals surface area contributed by atoms with Gasteiger partial charge in [-0.2, -0.15) is 13.5 Å². The predicted molar refractivity (Wildman–Crippen MR) is 86.0 cm³/mol. The minimum Gasteiger partial charge on any atom is -0.478 e. The van der Waals surface area contributed by atoms with Gasteiger partial charge in [0, 0.05) is 7.05 Å². The molecule has 2 N–H and O–H groups in total. The number of carbonyl (C=O) groups is 1. The van der Waals surface area contributed by atoms with E-state index in [1.165, 1.54) is 36.1 Å². The van der Waals surface area contributed by atoms with E-state index in [1.54, 1.807) is 6.07 Å². The zero-order valence-corrected chi connectivity index (χ0v) is 13.8. The van der Waals surface area contributed by atoms with Crippen LogP contribution in [0.4, 0.5) is 5.69 Å². The van der Waals surface area contributed by atoms with Gasteiger partial charge >= 0.3 is 5.97 Å². The first-order valence-electron chi connectivity index (χ1n) is 7.22. The van der Waals surface area contributed by atoms with Crippen molar-refractivity contribution >= 4 is 21.7 Å². The van der Waals surface area contributed by atoms with Gasteiger partial charge in [0.1, 0.15) is 0 Å². The third kappa shape index (κ3) is 3.89. The molecule has 0 aliphatic carbocycles. The molecular weight excluding hydrogens is 318 g/mol. The average molecular weight is 337 g/mol. The molecule has 0 fully saturated rings. The van der Waals surface area contributed by atoms with Crippen LogP contribution in [0.3, 0.4) is 0 Å². The van der Waals surface area contributed by atoms with Crippen molar-refractivity contribution in [1.29, 1.82) is 0 Å². The highest BCUT2D eigenvalue weighted by Crippen LogP contribution is 2.23. The largest absolute Gasteiger partial charge is 0.478 e. The summed E-state index contributed by atoms with van der Waals surface area (Å²) in [5.41, 5.74) is 1.09. The van der Waals surface area contributed by atoms with Gasteiger partial charge < -0.3 is 5.11 Å². The van der Waals surface area contributed by atoms with Crippen LogP contribution in [0, 0.1) is 0 Å². The molecule has 2 aromatic rings. The number of carboxylic acids is 1. The number of carboxylic acid groups (broad SMARTS) is 1. The molecule has 7 nitrogen and oxygen atoms in total. The quantitative estimate of drug-likeness (QED) is 0.807. The molecule has 23 heavy (non-hydrogen) atoms. The normalized spacial score (nSPS) is 11.4. The fraction of sp³-hybridized carbons (Fsp3) is 0.333. The highest BCUT2D eigenvalue weighted by Gasteiger charge is 2.20. The molecule has 8 heteroatoms. The predicted octanol–water partition coefficient (Wildman–Crippen LogP) is 2.26. The number of aryl methyl sites for hydroxylation is 2. The lowest BCUT2D eigenvalue weighted by Crippen LogP contribution is -2.18. The van der Waals surface area contributed by atoms with E-state index in [0.717, 1.165) is 18.4 Å². The van der Waals surface area contributed by atoms with E-state index in [-0.39, 0.29) is 10.6 Å². The van der Waals surface area contributed by atoms with Crippen LogP contribution >= 0.6 is 0 Å². The van der Waals surface area contributed by atoms with Crippen molar-refractivity contribution in [3.63, 3.8) is 0 Å². The number of unbranched alkanes of at least 4 members (excludes halogenated alkanes) is 1. The van der Waals surface area contributed by atoms with Gasteiger partial charge in [-0.15, -0.1) is 0 Å². The van der Waals surface area contributed by atoms with Gasteiger partial charge in [0.25, 0.3) is 10.0 Å². The highest BCUT2D eigenvalue weighted by atomic mass is 32.2. The summed E-state index contributed by atoms with van der Waals surface area (Å²) in [6.07, 6.45) is 3.89. The molecule has 0 spiro atoms. The molecular formula is C15H19N3O4S. The van der Waals surface area contributed by atoms with Crippen molar-refractivity contribution in [2.45, 2.75) is 31.2 Å². The van der Waals surface area contributed by atoms with Crippen LogP contribution in [0.5, 0.6) is 0 Å². The van der Waals surface area contributed by atoms with Crippen LogP contribution < -0.4 is 4.72 Å². The number of rotatable bonds is 7. The Balaban J connectivity index is 2.41. The van der Waals surface area contributed by atoms with Crippen molar-refractivity contribution in [2.75, 3.05) is 4.72 Å². The van der Waals surface area contributed by atoms with Crippen molar-refractivity contribution in [1.82, 2.24) is 9.78 Å². The van der Waals surface area contributed by atoms with E-state index >= 15 is 0 Å². The number of anilines is 1. The van der Waals surface area contributed by atoms with E-state index < -0.39 is 16.0 Å². The van der Waals surface area contributed by atoms with E-state index in [4.69, 9.17) is 5.11 Å². The van der Waals surface area contributed by atoms with Crippen molar-refractivity contribution in [2.24, 2.45) is 7.05 Å². The number of aromatic carboxylic acids is 1. The molecule has 0 amide bonds. The summed E-state index contributed by atoms with van der Waals surface area (Å²) >= 11 is 0. The van der Waals surface area contributed by atoms with Crippen LogP contribution in [-0.4, -0.2) is 29.3 Å². The van der Waals surface area contributed by atoms with Gasteiger partial charge in [0.2, 0.25) is 0 Å². The number of nitrogens with one attached hydrogen (secondary N) is 1. The molecule has 0 aliphatic heterocycles. The Hall–Kier alpha value is -2.35. The Morgan fingerprint density at radius 3 is 2.65 bits per heavy atom. The summed E-state index contributed by atoms with van der Waals surface area (Å²) in [5, 5.41) is 13.0.